The summed E-state index contributed by atoms with van der Waals surface area (Å²) in [5.74, 6) is 1.53. The number of likely N-dealkylation sites (tertiary alicyclic amines) is 1. The molecule has 6 heteroatoms. The predicted molar refractivity (Wildman–Crippen MR) is 139 cm³/mol. The van der Waals surface area contributed by atoms with Gasteiger partial charge in [-0.15, -0.1) is 0 Å². The van der Waals surface area contributed by atoms with Crippen LogP contribution in [0.1, 0.15) is 36.8 Å². The van der Waals surface area contributed by atoms with Gasteiger partial charge in [-0.25, -0.2) is 4.98 Å². The lowest BCUT2D eigenvalue weighted by molar-refractivity contribution is -0.0254. The minimum atomic E-state index is -0.786. The summed E-state index contributed by atoms with van der Waals surface area (Å²) < 4.78 is 6.20. The standard InChI is InChI=1S/C29H31ClN2O3/c30-24-10-8-23(9-11-24)29(34)13-17-32(18-14-29)16-3-5-22-20-26-21(12-19-33)4-1-7-27(26)35-28-25(22)6-2-15-31-28/h1-2,4-11,15,20-21,33-34H,3,12-14,16-19H2. The lowest BCUT2D eigenvalue weighted by Crippen LogP contribution is -2.42. The Bertz CT molecular complexity index is 1170. The zero-order chi connectivity index (χ0) is 24.3. The van der Waals surface area contributed by atoms with Gasteiger partial charge in [0.05, 0.1) is 5.60 Å². The lowest BCUT2D eigenvalue weighted by atomic mass is 9.84. The maximum absolute atomic E-state index is 11.2. The van der Waals surface area contributed by atoms with Crippen LogP contribution in [0.2, 0.25) is 5.02 Å². The third-order valence-electron chi connectivity index (χ3n) is 7.19. The zero-order valence-corrected chi connectivity index (χ0v) is 20.5. The fourth-order valence-electron chi connectivity index (χ4n) is 5.13. The molecular weight excluding hydrogens is 460 g/mol. The summed E-state index contributed by atoms with van der Waals surface area (Å²) in [5, 5.41) is 21.4. The first-order valence-electron chi connectivity index (χ1n) is 12.3. The van der Waals surface area contributed by atoms with Gasteiger partial charge >= 0.3 is 0 Å². The molecule has 1 aliphatic carbocycles. The van der Waals surface area contributed by atoms with Crippen LogP contribution >= 0.6 is 11.6 Å². The molecule has 1 unspecified atom stereocenters. The average molecular weight is 491 g/mol. The second-order valence-corrected chi connectivity index (χ2v) is 9.86. The summed E-state index contributed by atoms with van der Waals surface area (Å²) >= 11 is 6.02. The minimum absolute atomic E-state index is 0.116. The second kappa shape index (κ2) is 10.5. The van der Waals surface area contributed by atoms with E-state index in [1.807, 2.05) is 48.6 Å². The molecule has 5 nitrogen and oxygen atoms in total. The molecule has 0 bridgehead atoms. The van der Waals surface area contributed by atoms with Crippen molar-refractivity contribution in [2.75, 3.05) is 26.2 Å². The maximum Gasteiger partial charge on any atom is 0.227 e. The van der Waals surface area contributed by atoms with Gasteiger partial charge in [0.15, 0.2) is 0 Å². The van der Waals surface area contributed by atoms with Crippen LogP contribution in [0.5, 0.6) is 5.88 Å². The normalized spacial score (nSPS) is 22.5. The molecule has 0 saturated carbocycles. The molecule has 35 heavy (non-hydrogen) atoms. The first kappa shape index (κ1) is 24.0. The number of aliphatic hydroxyl groups is 2. The molecule has 1 aromatic heterocycles. The number of hydrogen-bond donors (Lipinski definition) is 2. The Balaban J connectivity index is 1.29. The molecule has 1 aromatic carbocycles. The van der Waals surface area contributed by atoms with Crippen LogP contribution in [0.25, 0.3) is 5.57 Å². The number of rotatable bonds is 6. The molecule has 3 aliphatic rings. The Morgan fingerprint density at radius 1 is 1.17 bits per heavy atom. The molecule has 2 aliphatic heterocycles. The van der Waals surface area contributed by atoms with E-state index in [4.69, 9.17) is 16.3 Å². The van der Waals surface area contributed by atoms with E-state index in [9.17, 15) is 10.2 Å². The minimum Gasteiger partial charge on any atom is -0.438 e. The van der Waals surface area contributed by atoms with E-state index in [-0.39, 0.29) is 12.5 Å². The first-order valence-corrected chi connectivity index (χ1v) is 12.7. The van der Waals surface area contributed by atoms with Gasteiger partial charge in [-0.3, -0.25) is 0 Å². The van der Waals surface area contributed by atoms with Crippen molar-refractivity contribution in [3.63, 3.8) is 0 Å². The van der Waals surface area contributed by atoms with Crippen molar-refractivity contribution in [3.8, 4) is 5.88 Å². The molecule has 0 radical (unpaired) electrons. The molecule has 2 aromatic rings. The molecule has 1 fully saturated rings. The third-order valence-corrected chi connectivity index (χ3v) is 7.44. The quantitative estimate of drug-likeness (QED) is 0.578. The van der Waals surface area contributed by atoms with Crippen LogP contribution in [0.4, 0.5) is 0 Å². The van der Waals surface area contributed by atoms with Gasteiger partial charge in [-0.1, -0.05) is 42.0 Å². The first-order chi connectivity index (χ1) is 17.1. The van der Waals surface area contributed by atoms with Gasteiger partial charge in [0.1, 0.15) is 5.76 Å². The SMILES string of the molecule is OCCC1C=CC=C2Oc3ncccc3C(=CCCN3CCC(O)(c4ccc(Cl)cc4)CC3)C=C21. The van der Waals surface area contributed by atoms with Crippen molar-refractivity contribution in [2.24, 2.45) is 5.92 Å². The molecule has 0 spiro atoms. The topological polar surface area (TPSA) is 65.8 Å². The smallest absolute Gasteiger partial charge is 0.227 e. The van der Waals surface area contributed by atoms with Crippen LogP contribution in [-0.2, 0) is 5.60 Å². The van der Waals surface area contributed by atoms with Crippen molar-refractivity contribution < 1.29 is 14.9 Å². The van der Waals surface area contributed by atoms with Gasteiger partial charge in [0, 0.05) is 54.5 Å². The largest absolute Gasteiger partial charge is 0.438 e. The molecule has 182 valence electrons. The number of allylic oxidation sites excluding steroid dienone is 6. The molecule has 2 N–H and O–H groups in total. The van der Waals surface area contributed by atoms with Gasteiger partial charge < -0.3 is 19.8 Å². The molecule has 3 heterocycles. The number of pyridine rings is 1. The maximum atomic E-state index is 11.2. The van der Waals surface area contributed by atoms with Crippen molar-refractivity contribution >= 4 is 17.2 Å². The van der Waals surface area contributed by atoms with Crippen molar-refractivity contribution in [2.45, 2.75) is 31.3 Å². The van der Waals surface area contributed by atoms with Crippen molar-refractivity contribution in [3.05, 3.63) is 100 Å². The number of hydrogen-bond acceptors (Lipinski definition) is 5. The molecule has 1 saturated heterocycles. The molecule has 0 amide bonds. The summed E-state index contributed by atoms with van der Waals surface area (Å²) in [7, 11) is 0. The Kier molecular flexibility index (Phi) is 7.21. The fraction of sp³-hybridized carbons (Fsp3) is 0.345. The van der Waals surface area contributed by atoms with Crippen LogP contribution in [-0.4, -0.2) is 46.3 Å². The van der Waals surface area contributed by atoms with Crippen LogP contribution < -0.4 is 4.74 Å². The number of nitrogens with zero attached hydrogens (tertiary/aromatic N) is 2. The average Bonchev–Trinajstić information content (AvgIpc) is 3.03. The van der Waals surface area contributed by atoms with Crippen LogP contribution in [0.15, 0.2) is 84.3 Å². The summed E-state index contributed by atoms with van der Waals surface area (Å²) in [6, 6.07) is 11.5. The Hall–Kier alpha value is -2.70. The second-order valence-electron chi connectivity index (χ2n) is 9.42. The highest BCUT2D eigenvalue weighted by Gasteiger charge is 2.33. The number of ether oxygens (including phenoxy) is 1. The van der Waals surface area contributed by atoms with Crippen molar-refractivity contribution in [1.82, 2.24) is 9.88 Å². The van der Waals surface area contributed by atoms with Crippen LogP contribution in [0, 0.1) is 5.92 Å². The van der Waals surface area contributed by atoms with E-state index < -0.39 is 5.60 Å². The van der Waals surface area contributed by atoms with E-state index in [1.165, 1.54) is 0 Å². The molecular formula is C29H31ClN2O3. The zero-order valence-electron chi connectivity index (χ0n) is 19.7. The van der Waals surface area contributed by atoms with E-state index in [0.717, 1.165) is 54.1 Å². The van der Waals surface area contributed by atoms with Gasteiger partial charge in [0.2, 0.25) is 5.88 Å². The van der Waals surface area contributed by atoms with Crippen molar-refractivity contribution in [1.29, 1.82) is 0 Å². The highest BCUT2D eigenvalue weighted by molar-refractivity contribution is 6.30. The monoisotopic (exact) mass is 490 g/mol. The summed E-state index contributed by atoms with van der Waals surface area (Å²) in [6.45, 7) is 2.74. The number of fused-ring (bicyclic) bond motifs is 2. The van der Waals surface area contributed by atoms with E-state index in [1.54, 1.807) is 6.20 Å². The van der Waals surface area contributed by atoms with E-state index in [2.05, 4.69) is 28.1 Å². The number of benzene rings is 1. The van der Waals surface area contributed by atoms with Gasteiger partial charge in [-0.05, 0) is 73.2 Å². The number of piperidine rings is 1. The summed E-state index contributed by atoms with van der Waals surface area (Å²) in [6.07, 6.45) is 15.2. The molecule has 1 atom stereocenters. The number of aromatic nitrogens is 1. The van der Waals surface area contributed by atoms with E-state index >= 15 is 0 Å². The molecule has 5 rings (SSSR count). The lowest BCUT2D eigenvalue weighted by Gasteiger charge is -2.38. The van der Waals surface area contributed by atoms with Gasteiger partial charge in [-0.2, -0.15) is 0 Å². The van der Waals surface area contributed by atoms with E-state index in [0.29, 0.717) is 30.2 Å². The highest BCUT2D eigenvalue weighted by atomic mass is 35.5. The Morgan fingerprint density at radius 2 is 1.97 bits per heavy atom. The van der Waals surface area contributed by atoms with Crippen LogP contribution in [0.3, 0.4) is 0 Å². The predicted octanol–water partition coefficient (Wildman–Crippen LogP) is 5.26. The number of aliphatic hydroxyl groups excluding tert-OH is 1. The summed E-state index contributed by atoms with van der Waals surface area (Å²) in [4.78, 5) is 6.89. The van der Waals surface area contributed by atoms with Gasteiger partial charge in [0.25, 0.3) is 0 Å². The Labute approximate surface area is 211 Å². The third kappa shape index (κ3) is 5.29. The summed E-state index contributed by atoms with van der Waals surface area (Å²) in [5.41, 5.74) is 3.32. The Morgan fingerprint density at radius 3 is 2.74 bits per heavy atom. The fourth-order valence-corrected chi connectivity index (χ4v) is 5.26. The highest BCUT2D eigenvalue weighted by Crippen LogP contribution is 2.39. The number of halogens is 1.